The second-order valence-corrected chi connectivity index (χ2v) is 9.76. The molecule has 0 radical (unpaired) electrons. The van der Waals surface area contributed by atoms with Crippen LogP contribution in [0.2, 0.25) is 0 Å². The van der Waals surface area contributed by atoms with Crippen LogP contribution in [-0.2, 0) is 40.6 Å². The van der Waals surface area contributed by atoms with E-state index in [0.29, 0.717) is 12.2 Å². The van der Waals surface area contributed by atoms with Crippen LogP contribution in [0, 0.1) is 17.0 Å². The number of oxime groups is 1. The van der Waals surface area contributed by atoms with Crippen molar-refractivity contribution >= 4 is 33.6 Å². The monoisotopic (exact) mass is 607 g/mol. The largest absolute Gasteiger partial charge is 0.495 e. The predicted octanol–water partition coefficient (Wildman–Crippen LogP) is 1.33. The first kappa shape index (κ1) is 32.6. The third kappa shape index (κ3) is 10.4. The Balaban J connectivity index is 2.19. The fraction of sp³-hybridized carbons (Fsp3) is 0.318. The fourth-order valence-corrected chi connectivity index (χ4v) is 4.16. The average molecular weight is 608 g/mol. The number of nitrogens with one attached hydrogen (secondary N) is 1. The molecule has 1 atom stereocenters. The van der Waals surface area contributed by atoms with E-state index in [4.69, 9.17) is 21.0 Å². The van der Waals surface area contributed by atoms with Gasteiger partial charge in [0.1, 0.15) is 18.4 Å². The zero-order valence-electron chi connectivity index (χ0n) is 21.1. The molecular weight excluding hydrogens is 583 g/mol. The maximum atomic E-state index is 12.9. The summed E-state index contributed by atoms with van der Waals surface area (Å²) in [7, 11) is -4.68. The van der Waals surface area contributed by atoms with Gasteiger partial charge in [-0.25, -0.2) is 27.8 Å². The lowest BCUT2D eigenvalue weighted by Gasteiger charge is -2.17. The number of carbonyl (C=O) groups excluding carboxylic acids is 2. The Bertz CT molecular complexity index is 1380. The lowest BCUT2D eigenvalue weighted by atomic mass is 10.1. The Kier molecular flexibility index (Phi) is 11.2. The number of hydrogen-bond acceptors (Lipinski definition) is 11. The number of nitrogens with two attached hydrogens (primary N) is 2. The molecule has 19 heteroatoms. The summed E-state index contributed by atoms with van der Waals surface area (Å²) < 4.78 is 70.5. The molecule has 0 bridgehead atoms. The van der Waals surface area contributed by atoms with Gasteiger partial charge in [-0.1, -0.05) is 18.2 Å². The molecule has 41 heavy (non-hydrogen) atoms. The molecule has 0 aliphatic heterocycles. The minimum Gasteiger partial charge on any atom is -0.493 e. The predicted molar refractivity (Wildman–Crippen MR) is 132 cm³/mol. The lowest BCUT2D eigenvalue weighted by molar-refractivity contribution is -0.385. The van der Waals surface area contributed by atoms with E-state index >= 15 is 0 Å². The van der Waals surface area contributed by atoms with Crippen molar-refractivity contribution in [2.75, 3.05) is 13.2 Å². The Morgan fingerprint density at radius 2 is 1.76 bits per heavy atom. The molecule has 0 unspecified atom stereocenters. The highest BCUT2D eigenvalue weighted by Crippen LogP contribution is 2.23. The number of halogens is 3. The van der Waals surface area contributed by atoms with Crippen LogP contribution in [0.1, 0.15) is 17.5 Å². The minimum absolute atomic E-state index is 0.146. The SMILES string of the molecule is Cc1ccc(S(=O)(=O)N[C@@H](Cc2ccc(OCCCON=C(N)N)cc2)C(=O)OOC(=O)C(F)(F)F)cc1[N+](=O)[O-]. The standard InChI is InChI=1S/C22H24F3N5O10S/c1-13-3-8-16(12-18(13)30(33)34)41(35,36)29-17(19(31)39-40-20(32)22(23,24)25)11-14-4-6-15(7-5-14)37-9-2-10-38-28-21(26)27/h3-8,12,17,29H,2,9-11H2,1H3,(H4,26,27,28)/t17-/m0/s1. The molecule has 0 aromatic heterocycles. The summed E-state index contributed by atoms with van der Waals surface area (Å²) in [6.45, 7) is 1.72. The maximum absolute atomic E-state index is 12.9. The van der Waals surface area contributed by atoms with Gasteiger partial charge < -0.3 is 21.0 Å². The number of alkyl halides is 3. The summed E-state index contributed by atoms with van der Waals surface area (Å²) >= 11 is 0. The highest BCUT2D eigenvalue weighted by molar-refractivity contribution is 7.89. The first-order chi connectivity index (χ1) is 19.1. The summed E-state index contributed by atoms with van der Waals surface area (Å²) in [4.78, 5) is 45.4. The van der Waals surface area contributed by atoms with Gasteiger partial charge in [0.05, 0.1) is 16.4 Å². The Morgan fingerprint density at radius 3 is 2.34 bits per heavy atom. The van der Waals surface area contributed by atoms with Crippen molar-refractivity contribution in [3.8, 4) is 5.75 Å². The highest BCUT2D eigenvalue weighted by Gasteiger charge is 2.43. The molecule has 0 fully saturated rings. The van der Waals surface area contributed by atoms with Crippen LogP contribution in [0.3, 0.4) is 0 Å². The lowest BCUT2D eigenvalue weighted by Crippen LogP contribution is -2.44. The number of nitro benzene ring substituents is 1. The smallest absolute Gasteiger partial charge is 0.493 e. The maximum Gasteiger partial charge on any atom is 0.495 e. The van der Waals surface area contributed by atoms with Gasteiger partial charge in [0.2, 0.25) is 16.0 Å². The molecule has 5 N–H and O–H groups in total. The molecule has 0 saturated carbocycles. The van der Waals surface area contributed by atoms with E-state index < -0.39 is 56.1 Å². The minimum atomic E-state index is -5.50. The molecule has 2 aromatic rings. The highest BCUT2D eigenvalue weighted by atomic mass is 32.2. The molecule has 0 amide bonds. The molecule has 0 aliphatic rings. The zero-order valence-corrected chi connectivity index (χ0v) is 21.9. The topological polar surface area (TPSA) is 225 Å². The number of rotatable bonds is 13. The molecule has 0 spiro atoms. The third-order valence-corrected chi connectivity index (χ3v) is 6.35. The number of carbonyl (C=O) groups is 2. The zero-order chi connectivity index (χ0) is 30.8. The van der Waals surface area contributed by atoms with Gasteiger partial charge in [0.15, 0.2) is 0 Å². The summed E-state index contributed by atoms with van der Waals surface area (Å²) in [6.07, 6.45) is -5.59. The van der Waals surface area contributed by atoms with E-state index in [0.717, 1.165) is 18.2 Å². The van der Waals surface area contributed by atoms with Crippen LogP contribution in [0.5, 0.6) is 5.75 Å². The quantitative estimate of drug-likeness (QED) is 0.0732. The van der Waals surface area contributed by atoms with Crippen molar-refractivity contribution < 1.29 is 55.5 Å². The van der Waals surface area contributed by atoms with Crippen LogP contribution in [0.15, 0.2) is 52.5 Å². The third-order valence-electron chi connectivity index (χ3n) is 4.88. The number of hydrogen-bond donors (Lipinski definition) is 3. The molecule has 2 aromatic carbocycles. The van der Waals surface area contributed by atoms with Crippen molar-refractivity contribution in [2.45, 2.75) is 36.9 Å². The molecule has 2 rings (SSSR count). The van der Waals surface area contributed by atoms with Gasteiger partial charge in [0.25, 0.3) is 5.69 Å². The van der Waals surface area contributed by atoms with Gasteiger partial charge >= 0.3 is 18.1 Å². The summed E-state index contributed by atoms with van der Waals surface area (Å²) in [5, 5.41) is 14.5. The molecular formula is C22H24F3N5O10S. The molecule has 0 aliphatic carbocycles. The van der Waals surface area contributed by atoms with E-state index in [2.05, 4.69) is 14.9 Å². The van der Waals surface area contributed by atoms with E-state index in [1.165, 1.54) is 31.2 Å². The number of ether oxygens (including phenoxy) is 1. The van der Waals surface area contributed by atoms with Crippen molar-refractivity contribution in [1.29, 1.82) is 0 Å². The molecule has 0 saturated heterocycles. The van der Waals surface area contributed by atoms with Crippen LogP contribution >= 0.6 is 0 Å². The van der Waals surface area contributed by atoms with Gasteiger partial charge in [0, 0.05) is 18.1 Å². The second kappa shape index (κ2) is 14.1. The van der Waals surface area contributed by atoms with Gasteiger partial charge in [-0.15, -0.1) is 0 Å². The number of aryl methyl sites for hydroxylation is 1. The van der Waals surface area contributed by atoms with Gasteiger partial charge in [-0.2, -0.15) is 17.9 Å². The second-order valence-electron chi connectivity index (χ2n) is 8.05. The summed E-state index contributed by atoms with van der Waals surface area (Å²) in [6, 6.07) is 6.71. The first-order valence-electron chi connectivity index (χ1n) is 11.3. The number of benzene rings is 2. The fourth-order valence-electron chi connectivity index (χ4n) is 2.96. The molecule has 0 heterocycles. The average Bonchev–Trinajstić information content (AvgIpc) is 2.88. The van der Waals surface area contributed by atoms with Crippen LogP contribution < -0.4 is 20.9 Å². The van der Waals surface area contributed by atoms with E-state index in [9.17, 15) is 41.3 Å². The Morgan fingerprint density at radius 1 is 1.10 bits per heavy atom. The van der Waals surface area contributed by atoms with Crippen LogP contribution in [0.25, 0.3) is 0 Å². The van der Waals surface area contributed by atoms with Crippen molar-refractivity contribution in [3.63, 3.8) is 0 Å². The first-order valence-corrected chi connectivity index (χ1v) is 12.8. The van der Waals surface area contributed by atoms with E-state index in [1.807, 2.05) is 4.72 Å². The summed E-state index contributed by atoms with van der Waals surface area (Å²) in [5.74, 6) is -4.44. The van der Waals surface area contributed by atoms with Crippen molar-refractivity contribution in [1.82, 2.24) is 4.72 Å². The van der Waals surface area contributed by atoms with Gasteiger partial charge in [-0.3, -0.25) is 10.1 Å². The number of sulfonamides is 1. The molecule has 15 nitrogen and oxygen atoms in total. The van der Waals surface area contributed by atoms with Gasteiger partial charge in [-0.05, 0) is 42.3 Å². The van der Waals surface area contributed by atoms with Crippen molar-refractivity contribution in [3.05, 3.63) is 63.7 Å². The normalized spacial score (nSPS) is 12.1. The Labute approximate surface area is 230 Å². The molecule has 224 valence electrons. The number of nitrogens with zero attached hydrogens (tertiary/aromatic N) is 2. The van der Waals surface area contributed by atoms with E-state index in [1.54, 1.807) is 0 Å². The summed E-state index contributed by atoms with van der Waals surface area (Å²) in [5.41, 5.74) is 10.1. The van der Waals surface area contributed by atoms with Crippen LogP contribution in [-0.4, -0.2) is 56.7 Å². The Hall–Kier alpha value is -4.65. The van der Waals surface area contributed by atoms with E-state index in [-0.39, 0.29) is 30.3 Å². The van der Waals surface area contributed by atoms with Crippen LogP contribution in [0.4, 0.5) is 18.9 Å². The number of guanidine groups is 1. The van der Waals surface area contributed by atoms with Crippen molar-refractivity contribution in [2.24, 2.45) is 16.6 Å². The number of nitro groups is 1.